The van der Waals surface area contributed by atoms with Crippen LogP contribution in [0.4, 0.5) is 0 Å². The molecule has 0 fully saturated rings. The van der Waals surface area contributed by atoms with Crippen molar-refractivity contribution in [3.05, 3.63) is 24.3 Å². The molecule has 0 N–H and O–H groups in total. The number of rotatable bonds is 50. The van der Waals surface area contributed by atoms with Crippen LogP contribution < -0.4 is 0 Å². The molecule has 0 aromatic rings. The first-order valence-corrected chi connectivity index (χ1v) is 20.3. The summed E-state index contributed by atoms with van der Waals surface area (Å²) in [5, 5.41) is 0. The van der Waals surface area contributed by atoms with Crippen LogP contribution in [0.1, 0.15) is 13.8 Å². The molecule has 0 saturated heterocycles. The van der Waals surface area contributed by atoms with Crippen LogP contribution in [-0.4, -0.2) is 223 Å². The summed E-state index contributed by atoms with van der Waals surface area (Å²) in [5.41, 5.74) is 0.729. The summed E-state index contributed by atoms with van der Waals surface area (Å²) in [5.74, 6) is -0.836. The molecule has 0 aliphatic heterocycles. The van der Waals surface area contributed by atoms with E-state index >= 15 is 0 Å². The minimum absolute atomic E-state index is 0.192. The number of ether oxygens (including phenoxy) is 17. The van der Waals surface area contributed by atoms with E-state index in [1.165, 1.54) is 0 Å². The molecular weight excluding hydrogens is 784 g/mol. The standard InChI is InChI=1S/C40H74O19/c1-37(2)39(41)58-35-33-56-31-29-54-27-25-52-23-21-50-19-17-48-15-13-46-11-9-44-7-5-43-6-8-45-10-12-47-14-16-49-18-20-51-22-24-53-26-28-55-30-32-57-34-36-59-40(42)38(3)4/h1,3,5-36H2,2,4H3. The van der Waals surface area contributed by atoms with Gasteiger partial charge in [-0.1, -0.05) is 13.2 Å². The van der Waals surface area contributed by atoms with Crippen LogP contribution in [-0.2, 0) is 90.1 Å². The molecule has 0 atom stereocenters. The third-order valence-corrected chi connectivity index (χ3v) is 6.83. The Morgan fingerprint density at radius 3 is 0.441 bits per heavy atom. The Kier molecular flexibility index (Phi) is 46.7. The normalized spacial score (nSPS) is 11.3. The second-order valence-corrected chi connectivity index (χ2v) is 12.0. The molecule has 0 aromatic carbocycles. The van der Waals surface area contributed by atoms with Crippen molar-refractivity contribution in [3.8, 4) is 0 Å². The maximum Gasteiger partial charge on any atom is 0.333 e. The number of esters is 2. The molecular formula is C40H74O19. The molecule has 348 valence electrons. The minimum Gasteiger partial charge on any atom is -0.460 e. The van der Waals surface area contributed by atoms with Crippen molar-refractivity contribution >= 4 is 11.9 Å². The van der Waals surface area contributed by atoms with Crippen molar-refractivity contribution in [3.63, 3.8) is 0 Å². The van der Waals surface area contributed by atoms with E-state index in [4.69, 9.17) is 80.5 Å². The van der Waals surface area contributed by atoms with E-state index < -0.39 is 11.9 Å². The van der Waals surface area contributed by atoms with E-state index in [0.717, 1.165) is 0 Å². The minimum atomic E-state index is -0.418. The Morgan fingerprint density at radius 2 is 0.339 bits per heavy atom. The zero-order valence-corrected chi connectivity index (χ0v) is 35.8. The van der Waals surface area contributed by atoms with Gasteiger partial charge in [0.1, 0.15) is 13.2 Å². The average molecular weight is 859 g/mol. The Balaban J connectivity index is 3.09. The smallest absolute Gasteiger partial charge is 0.333 e. The molecule has 0 radical (unpaired) electrons. The zero-order valence-electron chi connectivity index (χ0n) is 35.8. The maximum absolute atomic E-state index is 11.2. The summed E-state index contributed by atoms with van der Waals surface area (Å²) < 4.78 is 91.5. The fourth-order valence-electron chi connectivity index (χ4n) is 3.81. The molecule has 0 unspecified atom stereocenters. The number of hydrogen-bond donors (Lipinski definition) is 0. The van der Waals surface area contributed by atoms with E-state index in [1.807, 2.05) is 0 Å². The second kappa shape index (κ2) is 48.5. The Hall–Kier alpha value is -2.18. The molecule has 0 aliphatic carbocycles. The van der Waals surface area contributed by atoms with Gasteiger partial charge in [0.25, 0.3) is 0 Å². The lowest BCUT2D eigenvalue weighted by molar-refractivity contribution is -0.141. The summed E-state index contributed by atoms with van der Waals surface area (Å²) in [6, 6.07) is 0. The third kappa shape index (κ3) is 48.4. The second-order valence-electron chi connectivity index (χ2n) is 12.0. The third-order valence-electron chi connectivity index (χ3n) is 6.83. The lowest BCUT2D eigenvalue weighted by Crippen LogP contribution is -2.16. The van der Waals surface area contributed by atoms with Gasteiger partial charge in [0.15, 0.2) is 0 Å². The molecule has 19 heteroatoms. The van der Waals surface area contributed by atoms with Gasteiger partial charge in [0, 0.05) is 11.1 Å². The van der Waals surface area contributed by atoms with E-state index in [2.05, 4.69) is 13.2 Å². The van der Waals surface area contributed by atoms with Gasteiger partial charge in [0.05, 0.1) is 198 Å². The molecule has 19 nitrogen and oxygen atoms in total. The summed E-state index contributed by atoms with van der Waals surface area (Å²) in [7, 11) is 0. The predicted molar refractivity (Wildman–Crippen MR) is 214 cm³/mol. The van der Waals surface area contributed by atoms with Crippen molar-refractivity contribution in [2.45, 2.75) is 13.8 Å². The van der Waals surface area contributed by atoms with E-state index in [-0.39, 0.29) is 13.2 Å². The first kappa shape index (κ1) is 56.8. The molecule has 0 heterocycles. The Bertz CT molecular complexity index is 869. The first-order valence-electron chi connectivity index (χ1n) is 20.3. The van der Waals surface area contributed by atoms with Crippen LogP contribution in [0.2, 0.25) is 0 Å². The van der Waals surface area contributed by atoms with Crippen LogP contribution in [0.3, 0.4) is 0 Å². The number of hydrogen-bond acceptors (Lipinski definition) is 19. The highest BCUT2D eigenvalue weighted by molar-refractivity contribution is 5.87. The van der Waals surface area contributed by atoms with Crippen LogP contribution >= 0.6 is 0 Å². The molecule has 0 aliphatic rings. The molecule has 0 amide bonds. The van der Waals surface area contributed by atoms with E-state index in [1.54, 1.807) is 13.8 Å². The van der Waals surface area contributed by atoms with E-state index in [0.29, 0.717) is 209 Å². The fraction of sp³-hybridized carbons (Fsp3) is 0.850. The lowest BCUT2D eigenvalue weighted by Gasteiger charge is -2.09. The van der Waals surface area contributed by atoms with Crippen molar-refractivity contribution in [1.29, 1.82) is 0 Å². The molecule has 0 rings (SSSR count). The molecule has 0 bridgehead atoms. The fourth-order valence-corrected chi connectivity index (χ4v) is 3.81. The zero-order chi connectivity index (χ0) is 43.0. The van der Waals surface area contributed by atoms with Crippen LogP contribution in [0, 0.1) is 0 Å². The Labute approximate surface area is 351 Å². The highest BCUT2D eigenvalue weighted by Gasteiger charge is 2.03. The van der Waals surface area contributed by atoms with Gasteiger partial charge in [-0.15, -0.1) is 0 Å². The van der Waals surface area contributed by atoms with Crippen molar-refractivity contribution in [2.24, 2.45) is 0 Å². The monoisotopic (exact) mass is 858 g/mol. The van der Waals surface area contributed by atoms with Gasteiger partial charge in [0.2, 0.25) is 0 Å². The van der Waals surface area contributed by atoms with Gasteiger partial charge in [-0.3, -0.25) is 0 Å². The number of carbonyl (C=O) groups excluding carboxylic acids is 2. The highest BCUT2D eigenvalue weighted by Crippen LogP contribution is 1.93. The van der Waals surface area contributed by atoms with Gasteiger partial charge in [-0.2, -0.15) is 0 Å². The van der Waals surface area contributed by atoms with Gasteiger partial charge >= 0.3 is 11.9 Å². The van der Waals surface area contributed by atoms with Crippen LogP contribution in [0.5, 0.6) is 0 Å². The summed E-state index contributed by atoms with van der Waals surface area (Å²) >= 11 is 0. The summed E-state index contributed by atoms with van der Waals surface area (Å²) in [6.45, 7) is 24.4. The highest BCUT2D eigenvalue weighted by atomic mass is 16.6. The van der Waals surface area contributed by atoms with Crippen LogP contribution in [0.15, 0.2) is 24.3 Å². The van der Waals surface area contributed by atoms with Crippen molar-refractivity contribution in [2.75, 3.05) is 211 Å². The average Bonchev–Trinajstić information content (AvgIpc) is 3.22. The summed E-state index contributed by atoms with van der Waals surface area (Å²) in [4.78, 5) is 22.4. The summed E-state index contributed by atoms with van der Waals surface area (Å²) in [6.07, 6.45) is 0. The van der Waals surface area contributed by atoms with Crippen molar-refractivity contribution in [1.82, 2.24) is 0 Å². The molecule has 0 aromatic heterocycles. The number of carbonyl (C=O) groups is 2. The van der Waals surface area contributed by atoms with Gasteiger partial charge in [-0.05, 0) is 13.8 Å². The van der Waals surface area contributed by atoms with E-state index in [9.17, 15) is 9.59 Å². The topological polar surface area (TPSA) is 191 Å². The lowest BCUT2D eigenvalue weighted by atomic mass is 10.4. The molecule has 0 saturated carbocycles. The van der Waals surface area contributed by atoms with Gasteiger partial charge in [-0.25, -0.2) is 9.59 Å². The van der Waals surface area contributed by atoms with Crippen molar-refractivity contribution < 1.29 is 90.1 Å². The largest absolute Gasteiger partial charge is 0.460 e. The maximum atomic E-state index is 11.2. The quantitative estimate of drug-likeness (QED) is 0.0485. The molecule has 59 heavy (non-hydrogen) atoms. The van der Waals surface area contributed by atoms with Gasteiger partial charge < -0.3 is 80.5 Å². The predicted octanol–water partition coefficient (Wildman–Crippen LogP) is 1.47. The SMILES string of the molecule is C=C(C)C(=O)OCCOCCOCCOCCOCCOCCOCCOCCOCCOCCOCCOCCOCCOCCOCCOCCOC(=O)C(=C)C. The Morgan fingerprint density at radius 1 is 0.237 bits per heavy atom. The first-order chi connectivity index (χ1) is 28.9. The molecule has 0 spiro atoms. The van der Waals surface area contributed by atoms with Crippen LogP contribution in [0.25, 0.3) is 0 Å².